The van der Waals surface area contributed by atoms with Crippen LogP contribution in [-0.2, 0) is 22.4 Å². The summed E-state index contributed by atoms with van der Waals surface area (Å²) in [6, 6.07) is 7.52. The number of esters is 1. The number of rotatable bonds is 5. The first-order chi connectivity index (χ1) is 11.6. The number of fused-ring (bicyclic) bond motifs is 1. The van der Waals surface area contributed by atoms with Gasteiger partial charge in [0.25, 0.3) is 5.91 Å². The second-order valence-electron chi connectivity index (χ2n) is 5.66. The topological polar surface area (TPSA) is 64.6 Å². The van der Waals surface area contributed by atoms with Gasteiger partial charge in [-0.3, -0.25) is 4.79 Å². The highest BCUT2D eigenvalue weighted by Crippen LogP contribution is 2.39. The van der Waals surface area contributed by atoms with E-state index in [4.69, 9.17) is 9.47 Å². The van der Waals surface area contributed by atoms with Crippen LogP contribution >= 0.6 is 11.3 Å². The maximum absolute atomic E-state index is 12.2. The molecule has 0 unspecified atom stereocenters. The van der Waals surface area contributed by atoms with Crippen molar-refractivity contribution in [1.82, 2.24) is 0 Å². The average molecular weight is 345 g/mol. The summed E-state index contributed by atoms with van der Waals surface area (Å²) in [5.41, 5.74) is 2.48. The molecule has 1 aromatic carbocycles. The molecule has 1 N–H and O–H groups in total. The van der Waals surface area contributed by atoms with Crippen molar-refractivity contribution in [1.29, 1.82) is 0 Å². The number of carbonyl (C=O) groups is 2. The number of anilines is 1. The summed E-state index contributed by atoms with van der Waals surface area (Å²) in [4.78, 5) is 25.4. The normalized spacial score (nSPS) is 12.6. The lowest BCUT2D eigenvalue weighted by Gasteiger charge is -2.10. The van der Waals surface area contributed by atoms with Crippen LogP contribution in [-0.4, -0.2) is 25.6 Å². The molecule has 1 aliphatic rings. The van der Waals surface area contributed by atoms with Crippen molar-refractivity contribution >= 4 is 28.2 Å². The fourth-order valence-electron chi connectivity index (χ4n) is 2.83. The summed E-state index contributed by atoms with van der Waals surface area (Å²) >= 11 is 1.46. The predicted molar refractivity (Wildman–Crippen MR) is 93.0 cm³/mol. The lowest BCUT2D eigenvalue weighted by atomic mass is 10.1. The van der Waals surface area contributed by atoms with Gasteiger partial charge in [0.05, 0.1) is 12.7 Å². The Balaban J connectivity index is 1.71. The minimum Gasteiger partial charge on any atom is -0.483 e. The van der Waals surface area contributed by atoms with Crippen molar-refractivity contribution < 1.29 is 19.1 Å². The number of hydrogen-bond acceptors (Lipinski definition) is 5. The summed E-state index contributed by atoms with van der Waals surface area (Å²) < 4.78 is 10.4. The quantitative estimate of drug-likeness (QED) is 0.844. The lowest BCUT2D eigenvalue weighted by molar-refractivity contribution is -0.118. The van der Waals surface area contributed by atoms with E-state index in [1.165, 1.54) is 18.4 Å². The van der Waals surface area contributed by atoms with Crippen LogP contribution in [0, 0.1) is 6.92 Å². The van der Waals surface area contributed by atoms with Gasteiger partial charge in [-0.2, -0.15) is 0 Å². The average Bonchev–Trinajstić information content (AvgIpc) is 3.14. The number of amides is 1. The third kappa shape index (κ3) is 3.28. The van der Waals surface area contributed by atoms with Crippen LogP contribution in [0.15, 0.2) is 24.3 Å². The SMILES string of the molecule is COC(=O)c1c(NC(=O)COc2ccccc2C)sc2c1CCC2. The first kappa shape index (κ1) is 16.5. The molecular formula is C18H19NO4S. The number of benzene rings is 1. The van der Waals surface area contributed by atoms with Gasteiger partial charge in [0.15, 0.2) is 6.61 Å². The summed E-state index contributed by atoms with van der Waals surface area (Å²) in [5.74, 6) is -0.0117. The molecule has 0 bridgehead atoms. The van der Waals surface area contributed by atoms with E-state index < -0.39 is 5.97 Å². The van der Waals surface area contributed by atoms with Gasteiger partial charge in [-0.25, -0.2) is 4.79 Å². The zero-order valence-electron chi connectivity index (χ0n) is 13.7. The van der Waals surface area contributed by atoms with E-state index >= 15 is 0 Å². The van der Waals surface area contributed by atoms with Crippen LogP contribution in [0.4, 0.5) is 5.00 Å². The summed E-state index contributed by atoms with van der Waals surface area (Å²) in [5, 5.41) is 3.36. The molecule has 0 atom stereocenters. The number of carbonyl (C=O) groups excluding carboxylic acids is 2. The summed E-state index contributed by atoms with van der Waals surface area (Å²) in [6.45, 7) is 1.82. The Morgan fingerprint density at radius 3 is 2.79 bits per heavy atom. The molecule has 24 heavy (non-hydrogen) atoms. The standard InChI is InChI=1S/C18H19NO4S/c1-11-6-3-4-8-13(11)23-10-15(20)19-17-16(18(21)22-2)12-7-5-9-14(12)24-17/h3-4,6,8H,5,7,9-10H2,1-2H3,(H,19,20). The van der Waals surface area contributed by atoms with Gasteiger partial charge in [0, 0.05) is 4.88 Å². The number of hydrogen-bond donors (Lipinski definition) is 1. The number of nitrogens with one attached hydrogen (secondary N) is 1. The third-order valence-corrected chi connectivity index (χ3v) is 5.22. The highest BCUT2D eigenvalue weighted by molar-refractivity contribution is 7.17. The molecule has 2 aromatic rings. The molecule has 126 valence electrons. The minimum atomic E-state index is -0.399. The maximum Gasteiger partial charge on any atom is 0.341 e. The molecule has 6 heteroatoms. The third-order valence-electron chi connectivity index (χ3n) is 4.02. The molecule has 5 nitrogen and oxygen atoms in total. The van der Waals surface area contributed by atoms with Crippen LogP contribution in [0.25, 0.3) is 0 Å². The van der Waals surface area contributed by atoms with E-state index in [0.717, 1.165) is 35.3 Å². The van der Waals surface area contributed by atoms with Gasteiger partial charge in [0.1, 0.15) is 10.8 Å². The monoisotopic (exact) mass is 345 g/mol. The van der Waals surface area contributed by atoms with Crippen LogP contribution in [0.2, 0.25) is 0 Å². The number of aryl methyl sites for hydroxylation is 2. The Hall–Kier alpha value is -2.34. The second-order valence-corrected chi connectivity index (χ2v) is 6.76. The molecular weight excluding hydrogens is 326 g/mol. The van der Waals surface area contributed by atoms with Crippen molar-refractivity contribution in [3.8, 4) is 5.75 Å². The fourth-order valence-corrected chi connectivity index (χ4v) is 4.13. The molecule has 1 aliphatic carbocycles. The highest BCUT2D eigenvalue weighted by Gasteiger charge is 2.28. The predicted octanol–water partition coefficient (Wildman–Crippen LogP) is 3.35. The van der Waals surface area contributed by atoms with Gasteiger partial charge in [-0.15, -0.1) is 11.3 Å². The van der Waals surface area contributed by atoms with E-state index in [0.29, 0.717) is 16.3 Å². The van der Waals surface area contributed by atoms with Crippen molar-refractivity contribution in [3.63, 3.8) is 0 Å². The summed E-state index contributed by atoms with van der Waals surface area (Å²) in [6.07, 6.45) is 2.83. The van der Waals surface area contributed by atoms with Gasteiger partial charge < -0.3 is 14.8 Å². The smallest absolute Gasteiger partial charge is 0.341 e. The summed E-state index contributed by atoms with van der Waals surface area (Å²) in [7, 11) is 1.36. The van der Waals surface area contributed by atoms with Crippen LogP contribution in [0.5, 0.6) is 5.75 Å². The molecule has 0 spiro atoms. The van der Waals surface area contributed by atoms with Gasteiger partial charge in [-0.05, 0) is 43.4 Å². The van der Waals surface area contributed by atoms with Gasteiger partial charge >= 0.3 is 5.97 Å². The Bertz CT molecular complexity index is 781. The van der Waals surface area contributed by atoms with E-state index in [9.17, 15) is 9.59 Å². The second kappa shape index (κ2) is 7.05. The zero-order valence-corrected chi connectivity index (χ0v) is 14.5. The van der Waals surface area contributed by atoms with Crippen molar-refractivity contribution in [2.75, 3.05) is 19.0 Å². The number of methoxy groups -OCH3 is 1. The van der Waals surface area contributed by atoms with Crippen molar-refractivity contribution in [2.45, 2.75) is 26.2 Å². The fraction of sp³-hybridized carbons (Fsp3) is 0.333. The van der Waals surface area contributed by atoms with Crippen LogP contribution < -0.4 is 10.1 Å². The molecule has 0 fully saturated rings. The van der Waals surface area contributed by atoms with E-state index in [-0.39, 0.29) is 12.5 Å². The van der Waals surface area contributed by atoms with Crippen LogP contribution in [0.1, 0.15) is 32.8 Å². The number of thiophene rings is 1. The molecule has 1 heterocycles. The molecule has 0 aliphatic heterocycles. The Labute approximate surface area is 144 Å². The first-order valence-electron chi connectivity index (χ1n) is 7.81. The van der Waals surface area contributed by atoms with E-state index in [1.807, 2.05) is 31.2 Å². The van der Waals surface area contributed by atoms with E-state index in [1.54, 1.807) is 0 Å². The highest BCUT2D eigenvalue weighted by atomic mass is 32.1. The molecule has 1 aromatic heterocycles. The molecule has 1 amide bonds. The zero-order chi connectivity index (χ0) is 17.1. The number of para-hydroxylation sites is 1. The minimum absolute atomic E-state index is 0.103. The lowest BCUT2D eigenvalue weighted by Crippen LogP contribution is -2.21. The number of ether oxygens (including phenoxy) is 2. The molecule has 0 radical (unpaired) electrons. The van der Waals surface area contributed by atoms with Crippen LogP contribution in [0.3, 0.4) is 0 Å². The Morgan fingerprint density at radius 1 is 1.25 bits per heavy atom. The largest absolute Gasteiger partial charge is 0.483 e. The molecule has 0 saturated carbocycles. The Kier molecular flexibility index (Phi) is 4.85. The van der Waals surface area contributed by atoms with Gasteiger partial charge in [0.2, 0.25) is 0 Å². The maximum atomic E-state index is 12.2. The Morgan fingerprint density at radius 2 is 2.04 bits per heavy atom. The van der Waals surface area contributed by atoms with E-state index in [2.05, 4.69) is 5.32 Å². The molecule has 0 saturated heterocycles. The van der Waals surface area contributed by atoms with Gasteiger partial charge in [-0.1, -0.05) is 18.2 Å². The molecule has 3 rings (SSSR count). The van der Waals surface area contributed by atoms with Crippen molar-refractivity contribution in [2.24, 2.45) is 0 Å². The van der Waals surface area contributed by atoms with Crippen molar-refractivity contribution in [3.05, 3.63) is 45.8 Å². The first-order valence-corrected chi connectivity index (χ1v) is 8.63.